The molecule has 13 heavy (non-hydrogen) atoms. The highest BCUT2D eigenvalue weighted by molar-refractivity contribution is 9.10. The first-order valence-electron chi connectivity index (χ1n) is 4.26. The third kappa shape index (κ3) is 2.06. The summed E-state index contributed by atoms with van der Waals surface area (Å²) in [7, 11) is 0. The molecule has 3 heteroatoms. The largest absolute Gasteiger partial charge is 0.312 e. The van der Waals surface area contributed by atoms with Crippen molar-refractivity contribution >= 4 is 28.3 Å². The maximum absolute atomic E-state index is 3.55. The summed E-state index contributed by atoms with van der Waals surface area (Å²) in [5.41, 5.74) is 4.40. The van der Waals surface area contributed by atoms with Gasteiger partial charge in [0, 0.05) is 11.0 Å². The summed E-state index contributed by atoms with van der Waals surface area (Å²) < 4.78 is 1.24. The third-order valence-electron chi connectivity index (χ3n) is 2.50. The second kappa shape index (κ2) is 4.45. The van der Waals surface area contributed by atoms with Crippen LogP contribution in [0.15, 0.2) is 16.6 Å². The molecule has 0 unspecified atom stereocenters. The van der Waals surface area contributed by atoms with Crippen molar-refractivity contribution < 1.29 is 0 Å². The highest BCUT2D eigenvalue weighted by Gasteiger charge is 2.11. The highest BCUT2D eigenvalue weighted by atomic mass is 79.9. The van der Waals surface area contributed by atoms with E-state index in [1.54, 1.807) is 0 Å². The summed E-state index contributed by atoms with van der Waals surface area (Å²) in [6.07, 6.45) is 1.17. The Kier molecular flexibility index (Phi) is 3.77. The van der Waals surface area contributed by atoms with Crippen molar-refractivity contribution in [3.05, 3.63) is 33.3 Å². The molecule has 0 atom stereocenters. The van der Waals surface area contributed by atoms with Crippen LogP contribution < -0.4 is 5.32 Å². The lowest BCUT2D eigenvalue weighted by atomic mass is 9.96. The summed E-state index contributed by atoms with van der Waals surface area (Å²) >= 11 is 3.55. The number of halogens is 2. The van der Waals surface area contributed by atoms with E-state index in [4.69, 9.17) is 0 Å². The number of benzene rings is 1. The fourth-order valence-electron chi connectivity index (χ4n) is 1.73. The van der Waals surface area contributed by atoms with Crippen LogP contribution in [0.1, 0.15) is 16.7 Å². The zero-order chi connectivity index (χ0) is 8.55. The highest BCUT2D eigenvalue weighted by Crippen LogP contribution is 2.25. The minimum Gasteiger partial charge on any atom is -0.312 e. The summed E-state index contributed by atoms with van der Waals surface area (Å²) in [5.74, 6) is 0. The fraction of sp³-hybridized carbons (Fsp3) is 0.400. The zero-order valence-corrected chi connectivity index (χ0v) is 9.96. The van der Waals surface area contributed by atoms with Crippen molar-refractivity contribution in [3.63, 3.8) is 0 Å². The minimum absolute atomic E-state index is 0. The van der Waals surface area contributed by atoms with Crippen molar-refractivity contribution in [1.29, 1.82) is 0 Å². The monoisotopic (exact) mass is 261 g/mol. The van der Waals surface area contributed by atoms with Gasteiger partial charge in [-0.3, -0.25) is 0 Å². The third-order valence-corrected chi connectivity index (χ3v) is 3.36. The molecule has 0 saturated heterocycles. The Labute approximate surface area is 93.5 Å². The van der Waals surface area contributed by atoms with Crippen LogP contribution in [-0.4, -0.2) is 6.54 Å². The molecule has 1 aromatic rings. The lowest BCUT2D eigenvalue weighted by Crippen LogP contribution is -2.24. The molecule has 0 aliphatic carbocycles. The average Bonchev–Trinajstić information content (AvgIpc) is 2.12. The van der Waals surface area contributed by atoms with Gasteiger partial charge in [-0.15, -0.1) is 12.4 Å². The summed E-state index contributed by atoms with van der Waals surface area (Å²) in [4.78, 5) is 0. The first-order chi connectivity index (χ1) is 5.79. The van der Waals surface area contributed by atoms with Crippen LogP contribution >= 0.6 is 28.3 Å². The fourth-order valence-corrected chi connectivity index (χ4v) is 2.11. The van der Waals surface area contributed by atoms with Gasteiger partial charge in [-0.2, -0.15) is 0 Å². The van der Waals surface area contributed by atoms with E-state index in [9.17, 15) is 0 Å². The van der Waals surface area contributed by atoms with Gasteiger partial charge in [-0.25, -0.2) is 0 Å². The standard InChI is InChI=1S/C10H12BrN.ClH/c1-7-9-4-5-12-6-8(9)2-3-10(7)11;/h2-3,12H,4-6H2,1H3;1H. The molecule has 0 fully saturated rings. The molecule has 72 valence electrons. The molecule has 1 nitrogen and oxygen atoms in total. The summed E-state index contributed by atoms with van der Waals surface area (Å²) in [5, 5.41) is 3.37. The molecule has 2 rings (SSSR count). The van der Waals surface area contributed by atoms with Crippen LogP contribution in [0.3, 0.4) is 0 Å². The quantitative estimate of drug-likeness (QED) is 0.758. The molecule has 0 saturated carbocycles. The van der Waals surface area contributed by atoms with Crippen molar-refractivity contribution in [3.8, 4) is 0 Å². The van der Waals surface area contributed by atoms with Crippen LogP contribution in [0.4, 0.5) is 0 Å². The van der Waals surface area contributed by atoms with E-state index in [1.807, 2.05) is 0 Å². The SMILES string of the molecule is Cc1c(Br)ccc2c1CCNC2.Cl. The van der Waals surface area contributed by atoms with Crippen LogP contribution in [-0.2, 0) is 13.0 Å². The van der Waals surface area contributed by atoms with Crippen LogP contribution in [0.2, 0.25) is 0 Å². The van der Waals surface area contributed by atoms with Gasteiger partial charge < -0.3 is 5.32 Å². The minimum atomic E-state index is 0. The Balaban J connectivity index is 0.000000845. The van der Waals surface area contributed by atoms with Gasteiger partial charge in [0.05, 0.1) is 0 Å². The van der Waals surface area contributed by atoms with Gasteiger partial charge in [0.15, 0.2) is 0 Å². The average molecular weight is 263 g/mol. The molecule has 1 aliphatic rings. The normalized spacial score (nSPS) is 14.6. The van der Waals surface area contributed by atoms with E-state index < -0.39 is 0 Å². The van der Waals surface area contributed by atoms with Gasteiger partial charge in [0.25, 0.3) is 0 Å². The molecule has 1 N–H and O–H groups in total. The Morgan fingerprint density at radius 2 is 2.15 bits per heavy atom. The molecular weight excluding hydrogens is 249 g/mol. The number of rotatable bonds is 0. The first kappa shape index (κ1) is 11.0. The van der Waals surface area contributed by atoms with E-state index in [0.717, 1.165) is 13.1 Å². The van der Waals surface area contributed by atoms with Crippen LogP contribution in [0, 0.1) is 6.92 Å². The number of hydrogen-bond acceptors (Lipinski definition) is 1. The van der Waals surface area contributed by atoms with Crippen molar-refractivity contribution in [2.45, 2.75) is 19.9 Å². The molecular formula is C10H13BrClN. The van der Waals surface area contributed by atoms with E-state index in [2.05, 4.69) is 40.3 Å². The predicted molar refractivity (Wildman–Crippen MR) is 61.5 cm³/mol. The predicted octanol–water partition coefficient (Wildman–Crippen LogP) is 2.83. The number of hydrogen-bond donors (Lipinski definition) is 1. The first-order valence-corrected chi connectivity index (χ1v) is 5.06. The van der Waals surface area contributed by atoms with Gasteiger partial charge in [0.2, 0.25) is 0 Å². The second-order valence-electron chi connectivity index (χ2n) is 3.24. The smallest absolute Gasteiger partial charge is 0.0208 e. The topological polar surface area (TPSA) is 12.0 Å². The molecule has 0 radical (unpaired) electrons. The number of nitrogens with one attached hydrogen (secondary N) is 1. The molecule has 1 aromatic carbocycles. The summed E-state index contributed by atoms with van der Waals surface area (Å²) in [6, 6.07) is 4.35. The maximum Gasteiger partial charge on any atom is 0.0208 e. The second-order valence-corrected chi connectivity index (χ2v) is 4.09. The number of fused-ring (bicyclic) bond motifs is 1. The maximum atomic E-state index is 3.55. The van der Waals surface area contributed by atoms with E-state index in [1.165, 1.54) is 27.6 Å². The molecule has 1 aliphatic heterocycles. The van der Waals surface area contributed by atoms with E-state index >= 15 is 0 Å². The van der Waals surface area contributed by atoms with Crippen LogP contribution in [0.5, 0.6) is 0 Å². The molecule has 0 spiro atoms. The molecule has 0 aromatic heterocycles. The Hall–Kier alpha value is -0.0500. The molecule has 0 amide bonds. The van der Waals surface area contributed by atoms with E-state index in [-0.39, 0.29) is 12.4 Å². The lowest BCUT2D eigenvalue weighted by Gasteiger charge is -2.19. The van der Waals surface area contributed by atoms with Crippen LogP contribution in [0.25, 0.3) is 0 Å². The molecule has 1 heterocycles. The van der Waals surface area contributed by atoms with Crippen molar-refractivity contribution in [2.24, 2.45) is 0 Å². The van der Waals surface area contributed by atoms with E-state index in [0.29, 0.717) is 0 Å². The van der Waals surface area contributed by atoms with Gasteiger partial charge in [-0.1, -0.05) is 22.0 Å². The van der Waals surface area contributed by atoms with Crippen molar-refractivity contribution in [2.75, 3.05) is 6.54 Å². The zero-order valence-electron chi connectivity index (χ0n) is 7.56. The van der Waals surface area contributed by atoms with Gasteiger partial charge >= 0.3 is 0 Å². The Bertz CT molecular complexity index is 312. The Morgan fingerprint density at radius 3 is 2.92 bits per heavy atom. The summed E-state index contributed by atoms with van der Waals surface area (Å²) in [6.45, 7) is 4.34. The Morgan fingerprint density at radius 1 is 1.38 bits per heavy atom. The van der Waals surface area contributed by atoms with Gasteiger partial charge in [-0.05, 0) is 42.6 Å². The molecule has 0 bridgehead atoms. The van der Waals surface area contributed by atoms with Crippen molar-refractivity contribution in [1.82, 2.24) is 5.32 Å². The lowest BCUT2D eigenvalue weighted by molar-refractivity contribution is 0.640. The van der Waals surface area contributed by atoms with Gasteiger partial charge in [0.1, 0.15) is 0 Å².